The van der Waals surface area contributed by atoms with Gasteiger partial charge in [-0.25, -0.2) is 4.98 Å². The number of rotatable bonds is 3. The number of hydrogen-bond acceptors (Lipinski definition) is 4. The molecule has 0 amide bonds. The van der Waals surface area contributed by atoms with Gasteiger partial charge < -0.3 is 9.32 Å². The highest BCUT2D eigenvalue weighted by Crippen LogP contribution is 2.38. The summed E-state index contributed by atoms with van der Waals surface area (Å²) in [6.07, 6.45) is 9.87. The fraction of sp³-hybridized carbons (Fsp3) is 0.0400. The number of para-hydroxylation sites is 1. The van der Waals surface area contributed by atoms with Gasteiger partial charge in [0.2, 0.25) is 5.89 Å². The predicted octanol–water partition coefficient (Wildman–Crippen LogP) is 5.81. The number of hydrogen-bond donors (Lipinski definition) is 0. The molecule has 2 aromatic heterocycles. The summed E-state index contributed by atoms with van der Waals surface area (Å²) in [4.78, 5) is 10.8. The largest absolute Gasteiger partial charge is 0.435 e. The van der Waals surface area contributed by atoms with E-state index in [1.807, 2.05) is 30.4 Å². The third-order valence-electron chi connectivity index (χ3n) is 5.00. The molecule has 0 bridgehead atoms. The van der Waals surface area contributed by atoms with Gasteiger partial charge in [0.25, 0.3) is 0 Å². The molecule has 5 rings (SSSR count). The minimum absolute atomic E-state index is 0.545. The summed E-state index contributed by atoms with van der Waals surface area (Å²) in [6, 6.07) is 22.6. The smallest absolute Gasteiger partial charge is 0.221 e. The van der Waals surface area contributed by atoms with E-state index in [9.17, 15) is 0 Å². The lowest BCUT2D eigenvalue weighted by Gasteiger charge is -2.30. The quantitative estimate of drug-likeness (QED) is 0.452. The first-order valence-corrected chi connectivity index (χ1v) is 9.50. The standard InChI is InChI=1S/C25H19N3O/c1-28-21-13-6-5-12-20(21)19(17-22(28)18-9-3-2-4-10-18)11-7-15-24-27-25-23(29-24)14-8-16-26-25/h2-17H,1H3/b15-7+,19-11+. The molecule has 140 valence electrons. The number of pyridine rings is 1. The lowest BCUT2D eigenvalue weighted by Crippen LogP contribution is -2.20. The summed E-state index contributed by atoms with van der Waals surface area (Å²) in [5.41, 5.74) is 7.17. The van der Waals surface area contributed by atoms with Crippen LogP contribution in [0.1, 0.15) is 17.0 Å². The van der Waals surface area contributed by atoms with Crippen molar-refractivity contribution >= 4 is 34.3 Å². The van der Waals surface area contributed by atoms with E-state index in [1.165, 1.54) is 16.8 Å². The Bertz CT molecular complexity index is 1230. The summed E-state index contributed by atoms with van der Waals surface area (Å²) in [6.45, 7) is 0. The van der Waals surface area contributed by atoms with Crippen molar-refractivity contribution in [3.8, 4) is 0 Å². The van der Waals surface area contributed by atoms with E-state index in [0.717, 1.165) is 11.3 Å². The summed E-state index contributed by atoms with van der Waals surface area (Å²) in [5.74, 6) is 0.545. The van der Waals surface area contributed by atoms with Crippen LogP contribution in [-0.2, 0) is 0 Å². The van der Waals surface area contributed by atoms with Gasteiger partial charge in [0, 0.05) is 36.3 Å². The maximum absolute atomic E-state index is 5.72. The van der Waals surface area contributed by atoms with Gasteiger partial charge in [-0.3, -0.25) is 0 Å². The Morgan fingerprint density at radius 1 is 0.931 bits per heavy atom. The van der Waals surface area contributed by atoms with Gasteiger partial charge in [-0.15, -0.1) is 0 Å². The molecule has 2 aromatic carbocycles. The summed E-state index contributed by atoms with van der Waals surface area (Å²) in [5, 5.41) is 0. The number of fused-ring (bicyclic) bond motifs is 2. The van der Waals surface area contributed by atoms with Crippen LogP contribution in [0.15, 0.2) is 95.6 Å². The first-order chi connectivity index (χ1) is 14.3. The van der Waals surface area contributed by atoms with Gasteiger partial charge in [-0.2, -0.15) is 4.98 Å². The second-order valence-corrected chi connectivity index (χ2v) is 6.83. The zero-order chi connectivity index (χ0) is 19.6. The van der Waals surface area contributed by atoms with Gasteiger partial charge >= 0.3 is 0 Å². The van der Waals surface area contributed by atoms with Crippen LogP contribution in [0.5, 0.6) is 0 Å². The van der Waals surface area contributed by atoms with Gasteiger partial charge in [-0.1, -0.05) is 60.7 Å². The van der Waals surface area contributed by atoms with Crippen LogP contribution in [0, 0.1) is 0 Å². The van der Waals surface area contributed by atoms with E-state index in [-0.39, 0.29) is 0 Å². The summed E-state index contributed by atoms with van der Waals surface area (Å²) >= 11 is 0. The predicted molar refractivity (Wildman–Crippen MR) is 118 cm³/mol. The monoisotopic (exact) mass is 377 g/mol. The Balaban J connectivity index is 1.54. The number of aromatic nitrogens is 2. The van der Waals surface area contributed by atoms with Crippen LogP contribution in [0.3, 0.4) is 0 Å². The topological polar surface area (TPSA) is 42.2 Å². The molecule has 4 aromatic rings. The first-order valence-electron chi connectivity index (χ1n) is 9.50. The highest BCUT2D eigenvalue weighted by atomic mass is 16.3. The highest BCUT2D eigenvalue weighted by Gasteiger charge is 2.19. The third kappa shape index (κ3) is 3.25. The van der Waals surface area contributed by atoms with Crippen LogP contribution >= 0.6 is 0 Å². The van der Waals surface area contributed by atoms with E-state index in [1.54, 1.807) is 6.20 Å². The molecule has 1 aliphatic heterocycles. The SMILES string of the molecule is CN1C(c2ccccc2)=C/C(=C\C=C\c2nc3ncccc3o2)c2ccccc21. The van der Waals surface area contributed by atoms with Crippen molar-refractivity contribution < 1.29 is 4.42 Å². The van der Waals surface area contributed by atoms with Gasteiger partial charge in [0.05, 0.1) is 0 Å². The molecule has 0 spiro atoms. The fourth-order valence-corrected chi connectivity index (χ4v) is 3.58. The Kier molecular flexibility index (Phi) is 4.30. The van der Waals surface area contributed by atoms with E-state index < -0.39 is 0 Å². The molecule has 0 aliphatic carbocycles. The van der Waals surface area contributed by atoms with Crippen molar-refractivity contribution in [1.29, 1.82) is 0 Å². The number of allylic oxidation sites excluding steroid dienone is 4. The molecule has 0 N–H and O–H groups in total. The molecule has 4 nitrogen and oxygen atoms in total. The van der Waals surface area contributed by atoms with Crippen LogP contribution in [0.25, 0.3) is 28.6 Å². The molecular formula is C25H19N3O. The average Bonchev–Trinajstić information content (AvgIpc) is 3.19. The number of anilines is 1. The fourth-order valence-electron chi connectivity index (χ4n) is 3.58. The second-order valence-electron chi connectivity index (χ2n) is 6.83. The molecule has 4 heteroatoms. The molecule has 29 heavy (non-hydrogen) atoms. The normalized spacial score (nSPS) is 15.1. The van der Waals surface area contributed by atoms with E-state index in [0.29, 0.717) is 17.1 Å². The van der Waals surface area contributed by atoms with Crippen molar-refractivity contribution in [2.24, 2.45) is 0 Å². The molecule has 0 unspecified atom stereocenters. The minimum Gasteiger partial charge on any atom is -0.435 e. The molecule has 3 heterocycles. The highest BCUT2D eigenvalue weighted by molar-refractivity contribution is 5.98. The van der Waals surface area contributed by atoms with Crippen molar-refractivity contribution in [2.75, 3.05) is 11.9 Å². The summed E-state index contributed by atoms with van der Waals surface area (Å²) < 4.78 is 5.72. The number of nitrogens with zero attached hydrogens (tertiary/aromatic N) is 3. The van der Waals surface area contributed by atoms with E-state index in [2.05, 4.69) is 82.6 Å². The zero-order valence-electron chi connectivity index (χ0n) is 16.0. The molecule has 1 aliphatic rings. The first kappa shape index (κ1) is 17.2. The number of benzene rings is 2. The van der Waals surface area contributed by atoms with Crippen LogP contribution in [0.4, 0.5) is 5.69 Å². The zero-order valence-corrected chi connectivity index (χ0v) is 16.0. The summed E-state index contributed by atoms with van der Waals surface area (Å²) in [7, 11) is 2.11. The Hall–Kier alpha value is -3.92. The Morgan fingerprint density at radius 3 is 2.62 bits per heavy atom. The third-order valence-corrected chi connectivity index (χ3v) is 5.00. The molecule has 0 atom stereocenters. The van der Waals surface area contributed by atoms with Crippen molar-refractivity contribution in [1.82, 2.24) is 9.97 Å². The van der Waals surface area contributed by atoms with Crippen LogP contribution in [0.2, 0.25) is 0 Å². The van der Waals surface area contributed by atoms with E-state index >= 15 is 0 Å². The average molecular weight is 377 g/mol. The molecule has 0 saturated heterocycles. The van der Waals surface area contributed by atoms with Crippen LogP contribution < -0.4 is 4.90 Å². The lowest BCUT2D eigenvalue weighted by atomic mass is 9.95. The Labute approximate surface area is 169 Å². The van der Waals surface area contributed by atoms with Gasteiger partial charge in [-0.05, 0) is 35.4 Å². The van der Waals surface area contributed by atoms with Crippen molar-refractivity contribution in [3.63, 3.8) is 0 Å². The maximum Gasteiger partial charge on any atom is 0.221 e. The van der Waals surface area contributed by atoms with Crippen molar-refractivity contribution in [2.45, 2.75) is 0 Å². The van der Waals surface area contributed by atoms with Gasteiger partial charge in [0.15, 0.2) is 11.2 Å². The molecular weight excluding hydrogens is 358 g/mol. The second kappa shape index (κ2) is 7.24. The number of oxazole rings is 1. The minimum atomic E-state index is 0.545. The Morgan fingerprint density at radius 2 is 1.76 bits per heavy atom. The maximum atomic E-state index is 5.72. The van der Waals surface area contributed by atoms with Gasteiger partial charge in [0.1, 0.15) is 0 Å². The van der Waals surface area contributed by atoms with E-state index in [4.69, 9.17) is 4.42 Å². The lowest BCUT2D eigenvalue weighted by molar-refractivity contribution is 0.589. The molecule has 0 fully saturated rings. The molecule has 0 saturated carbocycles. The van der Waals surface area contributed by atoms with Crippen molar-refractivity contribution in [3.05, 3.63) is 108 Å². The molecule has 0 radical (unpaired) electrons. The van der Waals surface area contributed by atoms with Crippen LogP contribution in [-0.4, -0.2) is 17.0 Å².